The van der Waals surface area contributed by atoms with Crippen LogP contribution in [0.15, 0.2) is 0 Å². The Morgan fingerprint density at radius 1 is 1.45 bits per heavy atom. The number of carbonyl (C=O) groups is 1. The molecule has 1 rings (SSSR count). The molecule has 1 aliphatic heterocycles. The van der Waals surface area contributed by atoms with Crippen LogP contribution in [0.4, 0.5) is 0 Å². The van der Waals surface area contributed by atoms with Crippen LogP contribution in [0.5, 0.6) is 0 Å². The molecule has 1 fully saturated rings. The lowest BCUT2D eigenvalue weighted by molar-refractivity contribution is -0.119. The van der Waals surface area contributed by atoms with Gasteiger partial charge in [-0.2, -0.15) is 0 Å². The molecule has 11 heavy (non-hydrogen) atoms. The zero-order valence-corrected chi connectivity index (χ0v) is 7.82. The van der Waals surface area contributed by atoms with Crippen LogP contribution in [-0.4, -0.2) is 11.4 Å². The van der Waals surface area contributed by atoms with Crippen molar-refractivity contribution in [1.82, 2.24) is 5.32 Å². The van der Waals surface area contributed by atoms with Crippen molar-refractivity contribution in [2.75, 3.05) is 0 Å². The Morgan fingerprint density at radius 2 is 2.00 bits per heavy atom. The van der Waals surface area contributed by atoms with Crippen LogP contribution in [0.3, 0.4) is 0 Å². The third-order valence-electron chi connectivity index (χ3n) is 3.29. The lowest BCUT2D eigenvalue weighted by Crippen LogP contribution is -2.45. The molecule has 1 saturated heterocycles. The fourth-order valence-corrected chi connectivity index (χ4v) is 1.69. The van der Waals surface area contributed by atoms with Crippen molar-refractivity contribution >= 4 is 5.91 Å². The first-order valence-electron chi connectivity index (χ1n) is 4.22. The fourth-order valence-electron chi connectivity index (χ4n) is 1.69. The van der Waals surface area contributed by atoms with Crippen LogP contribution in [-0.2, 0) is 4.79 Å². The van der Waals surface area contributed by atoms with E-state index in [2.05, 4.69) is 33.0 Å². The van der Waals surface area contributed by atoms with Gasteiger partial charge in [-0.25, -0.2) is 0 Å². The van der Waals surface area contributed by atoms with Crippen LogP contribution in [0, 0.1) is 5.41 Å². The summed E-state index contributed by atoms with van der Waals surface area (Å²) in [5, 5.41) is 3.00. The van der Waals surface area contributed by atoms with Gasteiger partial charge in [0.2, 0.25) is 5.91 Å². The molecule has 1 amide bonds. The van der Waals surface area contributed by atoms with Crippen LogP contribution in [0.1, 0.15) is 40.5 Å². The van der Waals surface area contributed by atoms with Gasteiger partial charge in [-0.15, -0.1) is 0 Å². The molecule has 1 heterocycles. The van der Waals surface area contributed by atoms with Gasteiger partial charge in [0.15, 0.2) is 0 Å². The van der Waals surface area contributed by atoms with E-state index in [9.17, 15) is 4.79 Å². The Labute approximate surface area is 68.4 Å². The second-order valence-electron chi connectivity index (χ2n) is 4.26. The summed E-state index contributed by atoms with van der Waals surface area (Å²) < 4.78 is 0. The molecular weight excluding hydrogens is 138 g/mol. The average molecular weight is 155 g/mol. The highest BCUT2D eigenvalue weighted by atomic mass is 16.2. The van der Waals surface area contributed by atoms with Gasteiger partial charge in [0, 0.05) is 12.0 Å². The molecule has 1 atom stereocenters. The molecule has 1 aliphatic rings. The van der Waals surface area contributed by atoms with Gasteiger partial charge < -0.3 is 5.32 Å². The van der Waals surface area contributed by atoms with Gasteiger partial charge in [-0.3, -0.25) is 4.79 Å². The first kappa shape index (κ1) is 8.57. The van der Waals surface area contributed by atoms with Crippen molar-refractivity contribution in [3.63, 3.8) is 0 Å². The largest absolute Gasteiger partial charge is 0.351 e. The number of amides is 1. The molecule has 2 heteroatoms. The first-order chi connectivity index (χ1) is 4.91. The van der Waals surface area contributed by atoms with E-state index in [0.29, 0.717) is 6.42 Å². The molecule has 0 aliphatic carbocycles. The number of hydrogen-bond acceptors (Lipinski definition) is 1. The fraction of sp³-hybridized carbons (Fsp3) is 0.889. The van der Waals surface area contributed by atoms with E-state index in [1.54, 1.807) is 0 Å². The second-order valence-corrected chi connectivity index (χ2v) is 4.26. The molecule has 0 aromatic heterocycles. The molecule has 1 unspecified atom stereocenters. The lowest BCUT2D eigenvalue weighted by Gasteiger charge is -2.36. The summed E-state index contributed by atoms with van der Waals surface area (Å²) in [6, 6.07) is 0. The standard InChI is InChI=1S/C9H17NO/c1-5-9(4)6-7(11)10-8(9,2)3/h5-6H2,1-4H3,(H,10,11). The van der Waals surface area contributed by atoms with Gasteiger partial charge in [-0.1, -0.05) is 13.8 Å². The van der Waals surface area contributed by atoms with Gasteiger partial charge in [0.1, 0.15) is 0 Å². The van der Waals surface area contributed by atoms with Crippen molar-refractivity contribution in [2.24, 2.45) is 5.41 Å². The van der Waals surface area contributed by atoms with E-state index in [1.807, 2.05) is 0 Å². The highest BCUT2D eigenvalue weighted by Crippen LogP contribution is 2.41. The normalized spacial score (nSPS) is 35.5. The third kappa shape index (κ3) is 1.15. The predicted molar refractivity (Wildman–Crippen MR) is 45.2 cm³/mol. The lowest BCUT2D eigenvalue weighted by atomic mass is 9.72. The van der Waals surface area contributed by atoms with Gasteiger partial charge in [-0.05, 0) is 25.7 Å². The van der Waals surface area contributed by atoms with Crippen molar-refractivity contribution in [3.8, 4) is 0 Å². The van der Waals surface area contributed by atoms with Crippen molar-refractivity contribution in [1.29, 1.82) is 0 Å². The molecule has 64 valence electrons. The Bertz CT molecular complexity index is 186. The summed E-state index contributed by atoms with van der Waals surface area (Å²) >= 11 is 0. The highest BCUT2D eigenvalue weighted by molar-refractivity contribution is 5.80. The van der Waals surface area contributed by atoms with Crippen LogP contribution in [0.25, 0.3) is 0 Å². The van der Waals surface area contributed by atoms with Gasteiger partial charge in [0.05, 0.1) is 0 Å². The average Bonchev–Trinajstić information content (AvgIpc) is 2.03. The quantitative estimate of drug-likeness (QED) is 0.613. The smallest absolute Gasteiger partial charge is 0.221 e. The van der Waals surface area contributed by atoms with E-state index >= 15 is 0 Å². The van der Waals surface area contributed by atoms with Crippen molar-refractivity contribution in [3.05, 3.63) is 0 Å². The SMILES string of the molecule is CCC1(C)CC(=O)NC1(C)C. The molecule has 0 spiro atoms. The summed E-state index contributed by atoms with van der Waals surface area (Å²) in [5.41, 5.74) is 0.114. The van der Waals surface area contributed by atoms with E-state index in [1.165, 1.54) is 0 Å². The maximum atomic E-state index is 11.1. The Balaban J connectivity index is 2.89. The molecule has 1 N–H and O–H groups in total. The maximum absolute atomic E-state index is 11.1. The molecular formula is C9H17NO. The third-order valence-corrected chi connectivity index (χ3v) is 3.29. The number of nitrogens with one attached hydrogen (secondary N) is 1. The monoisotopic (exact) mass is 155 g/mol. The van der Waals surface area contributed by atoms with E-state index in [0.717, 1.165) is 6.42 Å². The van der Waals surface area contributed by atoms with E-state index in [4.69, 9.17) is 0 Å². The number of carbonyl (C=O) groups excluding carboxylic acids is 1. The minimum atomic E-state index is -0.0289. The van der Waals surface area contributed by atoms with E-state index < -0.39 is 0 Å². The molecule has 0 saturated carbocycles. The summed E-state index contributed by atoms with van der Waals surface area (Å²) in [5.74, 6) is 0.194. The Hall–Kier alpha value is -0.530. The minimum absolute atomic E-state index is 0.0289. The Kier molecular flexibility index (Phi) is 1.73. The second kappa shape index (κ2) is 2.23. The molecule has 0 aromatic carbocycles. The molecule has 0 aromatic rings. The predicted octanol–water partition coefficient (Wildman–Crippen LogP) is 1.70. The van der Waals surface area contributed by atoms with Crippen LogP contribution >= 0.6 is 0 Å². The topological polar surface area (TPSA) is 29.1 Å². The van der Waals surface area contributed by atoms with E-state index in [-0.39, 0.29) is 16.9 Å². The van der Waals surface area contributed by atoms with Crippen molar-refractivity contribution < 1.29 is 4.79 Å². The summed E-state index contributed by atoms with van der Waals surface area (Å²) in [7, 11) is 0. The van der Waals surface area contributed by atoms with Crippen LogP contribution in [0.2, 0.25) is 0 Å². The molecule has 0 bridgehead atoms. The zero-order chi connectivity index (χ0) is 8.70. The first-order valence-corrected chi connectivity index (χ1v) is 4.22. The summed E-state index contributed by atoms with van der Waals surface area (Å²) in [6.45, 7) is 8.51. The zero-order valence-electron chi connectivity index (χ0n) is 7.82. The van der Waals surface area contributed by atoms with Crippen molar-refractivity contribution in [2.45, 2.75) is 46.1 Å². The minimum Gasteiger partial charge on any atom is -0.351 e. The summed E-state index contributed by atoms with van der Waals surface area (Å²) in [6.07, 6.45) is 1.73. The Morgan fingerprint density at radius 3 is 2.18 bits per heavy atom. The number of hydrogen-bond donors (Lipinski definition) is 1. The summed E-state index contributed by atoms with van der Waals surface area (Å²) in [4.78, 5) is 11.1. The maximum Gasteiger partial charge on any atom is 0.221 e. The van der Waals surface area contributed by atoms with Crippen LogP contribution < -0.4 is 5.32 Å². The van der Waals surface area contributed by atoms with Gasteiger partial charge in [0.25, 0.3) is 0 Å². The molecule has 0 radical (unpaired) electrons. The number of rotatable bonds is 1. The highest BCUT2D eigenvalue weighted by Gasteiger charge is 2.47. The molecule has 2 nitrogen and oxygen atoms in total. The van der Waals surface area contributed by atoms with Gasteiger partial charge >= 0.3 is 0 Å².